The maximum absolute atomic E-state index is 13.1. The van der Waals surface area contributed by atoms with E-state index in [9.17, 15) is 4.79 Å². The van der Waals surface area contributed by atoms with Crippen molar-refractivity contribution in [2.45, 2.75) is 86.1 Å². The van der Waals surface area contributed by atoms with Crippen LogP contribution in [0.1, 0.15) is 80.8 Å². The number of rotatable bonds is 11. The third-order valence-electron chi connectivity index (χ3n) is 6.73. The average molecular weight is 513 g/mol. The van der Waals surface area contributed by atoms with E-state index in [0.29, 0.717) is 6.54 Å². The van der Waals surface area contributed by atoms with Crippen LogP contribution in [-0.2, 0) is 6.54 Å². The van der Waals surface area contributed by atoms with E-state index in [2.05, 4.69) is 50.9 Å². The Hall–Kier alpha value is -1.36. The number of unbranched alkanes of at least 4 members (excludes halogenated alkanes) is 3. The molecule has 2 aromatic rings. The van der Waals surface area contributed by atoms with Gasteiger partial charge in [0.2, 0.25) is 0 Å². The summed E-state index contributed by atoms with van der Waals surface area (Å²) < 4.78 is 6.04. The summed E-state index contributed by atoms with van der Waals surface area (Å²) in [5.41, 5.74) is 3.23. The molecule has 0 unspecified atom stereocenters. The van der Waals surface area contributed by atoms with Gasteiger partial charge >= 0.3 is 188 Å². The van der Waals surface area contributed by atoms with E-state index in [-0.39, 0.29) is 5.91 Å². The molecule has 3 nitrogen and oxygen atoms in total. The quantitative estimate of drug-likeness (QED) is 0.317. The minimum absolute atomic E-state index is 0.103. The molecule has 0 fully saturated rings. The molecule has 1 aromatic heterocycles. The van der Waals surface area contributed by atoms with Gasteiger partial charge in [0.15, 0.2) is 0 Å². The standard InChI is InChI=1S/C14H11N2O.3C4H9.Sn/c1-10-6-7-15-13(8-10)16-9-11-4-2-3-5-12(11)14(16)17;3*1-3-4-2;/h3-8H,9H2,1H3;3*1,3-4H2,2H3;. The first-order valence-electron chi connectivity index (χ1n) is 11.9. The third kappa shape index (κ3) is 5.09. The van der Waals surface area contributed by atoms with Gasteiger partial charge in [-0.15, -0.1) is 0 Å². The number of carbonyl (C=O) groups excluding carboxylic acids is 1. The first-order valence-corrected chi connectivity index (χ1v) is 19.4. The van der Waals surface area contributed by atoms with Gasteiger partial charge in [-0.1, -0.05) is 0 Å². The van der Waals surface area contributed by atoms with Crippen molar-refractivity contribution in [3.8, 4) is 0 Å². The Morgan fingerprint density at radius 2 is 1.57 bits per heavy atom. The van der Waals surface area contributed by atoms with E-state index >= 15 is 0 Å². The summed E-state index contributed by atoms with van der Waals surface area (Å²) in [6.07, 6.45) is 9.73. The average Bonchev–Trinajstić information content (AvgIpc) is 3.09. The monoisotopic (exact) mass is 514 g/mol. The van der Waals surface area contributed by atoms with Gasteiger partial charge in [-0.05, 0) is 0 Å². The summed E-state index contributed by atoms with van der Waals surface area (Å²) in [4.78, 5) is 19.4. The fourth-order valence-electron chi connectivity index (χ4n) is 4.86. The van der Waals surface area contributed by atoms with Crippen LogP contribution in [-0.4, -0.2) is 29.3 Å². The number of amides is 1. The first-order chi connectivity index (χ1) is 14.5. The van der Waals surface area contributed by atoms with E-state index in [1.165, 1.54) is 57.4 Å². The van der Waals surface area contributed by atoms with Crippen LogP contribution >= 0.6 is 0 Å². The molecule has 1 aliphatic rings. The van der Waals surface area contributed by atoms with Crippen LogP contribution in [0.4, 0.5) is 5.82 Å². The molecule has 0 atom stereocenters. The molecule has 162 valence electrons. The Morgan fingerprint density at radius 3 is 2.13 bits per heavy atom. The van der Waals surface area contributed by atoms with E-state index in [4.69, 9.17) is 0 Å². The molecular formula is C26H38N2OSn. The second-order valence-electron chi connectivity index (χ2n) is 9.05. The topological polar surface area (TPSA) is 33.2 Å². The minimum atomic E-state index is -2.48. The SMILES string of the molecule is CCC[CH2][Sn]([CH2]CCC)([CH2]CCC)[c]1ccc2c(c1)CN(c1cc(C)ccn1)C2=O. The second kappa shape index (κ2) is 10.8. The van der Waals surface area contributed by atoms with Crippen LogP contribution in [0.15, 0.2) is 36.5 Å². The number of pyridine rings is 1. The molecule has 1 amide bonds. The molecule has 30 heavy (non-hydrogen) atoms. The van der Waals surface area contributed by atoms with E-state index < -0.39 is 18.4 Å². The Kier molecular flexibility index (Phi) is 8.38. The van der Waals surface area contributed by atoms with Crippen molar-refractivity contribution in [1.29, 1.82) is 0 Å². The Balaban J connectivity index is 1.95. The number of aromatic nitrogens is 1. The van der Waals surface area contributed by atoms with Crippen molar-refractivity contribution in [3.05, 3.63) is 53.2 Å². The first kappa shape index (κ1) is 23.3. The fraction of sp³-hybridized carbons (Fsp3) is 0.538. The zero-order valence-corrected chi connectivity index (χ0v) is 22.2. The van der Waals surface area contributed by atoms with E-state index in [0.717, 1.165) is 16.9 Å². The number of benzene rings is 1. The zero-order valence-electron chi connectivity index (χ0n) is 19.3. The van der Waals surface area contributed by atoms with E-state index in [1.54, 1.807) is 9.78 Å². The molecule has 0 saturated heterocycles. The molecule has 2 heterocycles. The summed E-state index contributed by atoms with van der Waals surface area (Å²) in [6.45, 7) is 9.68. The van der Waals surface area contributed by atoms with Gasteiger partial charge < -0.3 is 0 Å². The number of carbonyl (C=O) groups is 1. The molecule has 0 spiro atoms. The number of fused-ring (bicyclic) bond motifs is 1. The number of aryl methyl sites for hydroxylation is 1. The van der Waals surface area contributed by atoms with Crippen LogP contribution in [0.3, 0.4) is 0 Å². The summed E-state index contributed by atoms with van der Waals surface area (Å²) in [6, 6.07) is 10.9. The van der Waals surface area contributed by atoms with E-state index in [1.807, 2.05) is 17.0 Å². The van der Waals surface area contributed by atoms with Crippen molar-refractivity contribution in [3.63, 3.8) is 0 Å². The predicted octanol–water partition coefficient (Wildman–Crippen LogP) is 6.61. The zero-order chi connectivity index (χ0) is 21.6. The van der Waals surface area contributed by atoms with Crippen molar-refractivity contribution >= 4 is 33.7 Å². The van der Waals surface area contributed by atoms with Crippen molar-refractivity contribution < 1.29 is 4.79 Å². The third-order valence-corrected chi connectivity index (χ3v) is 22.3. The molecular weight excluding hydrogens is 475 g/mol. The van der Waals surface area contributed by atoms with Crippen molar-refractivity contribution in [2.24, 2.45) is 0 Å². The van der Waals surface area contributed by atoms with Gasteiger partial charge in [0.05, 0.1) is 0 Å². The van der Waals surface area contributed by atoms with Gasteiger partial charge in [-0.3, -0.25) is 0 Å². The van der Waals surface area contributed by atoms with Crippen LogP contribution in [0, 0.1) is 6.92 Å². The normalized spacial score (nSPS) is 13.7. The molecule has 0 aliphatic carbocycles. The van der Waals surface area contributed by atoms with Crippen molar-refractivity contribution in [2.75, 3.05) is 4.90 Å². The fourth-order valence-corrected chi connectivity index (χ4v) is 20.9. The van der Waals surface area contributed by atoms with Gasteiger partial charge in [0.25, 0.3) is 0 Å². The molecule has 0 bridgehead atoms. The molecule has 3 rings (SSSR count). The Morgan fingerprint density at radius 1 is 0.933 bits per heavy atom. The Labute approximate surface area is 187 Å². The molecule has 0 radical (unpaired) electrons. The second-order valence-corrected chi connectivity index (χ2v) is 22.3. The number of hydrogen-bond acceptors (Lipinski definition) is 2. The number of anilines is 1. The maximum atomic E-state index is 13.1. The molecule has 0 N–H and O–H groups in total. The predicted molar refractivity (Wildman–Crippen MR) is 130 cm³/mol. The molecule has 4 heteroatoms. The summed E-state index contributed by atoms with van der Waals surface area (Å²) in [5.74, 6) is 0.876. The van der Waals surface area contributed by atoms with Gasteiger partial charge in [0.1, 0.15) is 0 Å². The summed E-state index contributed by atoms with van der Waals surface area (Å²) >= 11 is -2.48. The van der Waals surface area contributed by atoms with Crippen LogP contribution in [0.5, 0.6) is 0 Å². The Bertz CT molecular complexity index is 842. The molecule has 1 aliphatic heterocycles. The van der Waals surface area contributed by atoms with Crippen LogP contribution in [0.25, 0.3) is 0 Å². The number of nitrogens with zero attached hydrogens (tertiary/aromatic N) is 2. The summed E-state index contributed by atoms with van der Waals surface area (Å²) in [5, 5.41) is 0. The van der Waals surface area contributed by atoms with Gasteiger partial charge in [-0.2, -0.15) is 0 Å². The van der Waals surface area contributed by atoms with Crippen LogP contribution < -0.4 is 8.48 Å². The number of hydrogen-bond donors (Lipinski definition) is 0. The van der Waals surface area contributed by atoms with Gasteiger partial charge in [-0.25, -0.2) is 0 Å². The summed E-state index contributed by atoms with van der Waals surface area (Å²) in [7, 11) is 0. The van der Waals surface area contributed by atoms with Crippen LogP contribution in [0.2, 0.25) is 13.3 Å². The van der Waals surface area contributed by atoms with Crippen molar-refractivity contribution in [1.82, 2.24) is 4.98 Å². The molecule has 0 saturated carbocycles. The molecule has 1 aromatic carbocycles. The van der Waals surface area contributed by atoms with Gasteiger partial charge in [0, 0.05) is 0 Å².